The third-order valence-corrected chi connectivity index (χ3v) is 3.71. The Labute approximate surface area is 91.4 Å². The maximum atomic E-state index is 2.41. The quantitative estimate of drug-likeness (QED) is 0.618. The van der Waals surface area contributed by atoms with E-state index in [2.05, 4.69) is 36.2 Å². The van der Waals surface area contributed by atoms with Crippen LogP contribution in [0, 0.1) is 0 Å². The average Bonchev–Trinajstić information content (AvgIpc) is 2.30. The highest BCUT2D eigenvalue weighted by atomic mass is 15.1. The summed E-state index contributed by atoms with van der Waals surface area (Å²) in [5.41, 5.74) is 6.20. The molecule has 0 radical (unpaired) electrons. The highest BCUT2D eigenvalue weighted by Gasteiger charge is 2.23. The summed E-state index contributed by atoms with van der Waals surface area (Å²) in [5, 5.41) is 0. The van der Waals surface area contributed by atoms with E-state index in [0.29, 0.717) is 0 Å². The predicted octanol–water partition coefficient (Wildman–Crippen LogP) is 3.51. The lowest BCUT2D eigenvalue weighted by atomic mass is 9.87. The Morgan fingerprint density at radius 3 is 2.80 bits per heavy atom. The van der Waals surface area contributed by atoms with Crippen molar-refractivity contribution in [3.05, 3.63) is 41.1 Å². The van der Waals surface area contributed by atoms with E-state index in [4.69, 9.17) is 0 Å². The summed E-state index contributed by atoms with van der Waals surface area (Å²) >= 11 is 0. The lowest BCUT2D eigenvalue weighted by molar-refractivity contribution is 0.636. The van der Waals surface area contributed by atoms with Crippen molar-refractivity contribution in [2.24, 2.45) is 0 Å². The number of fused-ring (bicyclic) bond motifs is 1. The second-order valence-corrected chi connectivity index (χ2v) is 4.62. The highest BCUT2D eigenvalue weighted by molar-refractivity contribution is 5.62. The Morgan fingerprint density at radius 1 is 1.07 bits per heavy atom. The number of allylic oxidation sites excluding steroid dienone is 2. The molecule has 0 unspecified atom stereocenters. The second-order valence-electron chi connectivity index (χ2n) is 4.62. The molecule has 0 N–H and O–H groups in total. The van der Waals surface area contributed by atoms with E-state index < -0.39 is 0 Å². The van der Waals surface area contributed by atoms with Crippen molar-refractivity contribution < 1.29 is 0 Å². The zero-order valence-corrected chi connectivity index (χ0v) is 9.29. The van der Waals surface area contributed by atoms with Crippen molar-refractivity contribution in [2.45, 2.75) is 32.1 Å². The van der Waals surface area contributed by atoms with Crippen LogP contribution >= 0.6 is 0 Å². The fourth-order valence-electron chi connectivity index (χ4n) is 2.91. The van der Waals surface area contributed by atoms with Gasteiger partial charge in [-0.1, -0.05) is 18.2 Å². The van der Waals surface area contributed by atoms with Crippen LogP contribution in [0.1, 0.15) is 31.2 Å². The van der Waals surface area contributed by atoms with E-state index in [1.165, 1.54) is 43.4 Å². The van der Waals surface area contributed by atoms with Gasteiger partial charge in [0.25, 0.3) is 0 Å². The summed E-state index contributed by atoms with van der Waals surface area (Å²) in [5.74, 6) is 0. The topological polar surface area (TPSA) is 3.24 Å². The monoisotopic (exact) mass is 199 g/mol. The highest BCUT2D eigenvalue weighted by Crippen LogP contribution is 2.38. The minimum absolute atomic E-state index is 1.19. The van der Waals surface area contributed by atoms with Crippen LogP contribution in [-0.4, -0.2) is 7.05 Å². The first-order valence-corrected chi connectivity index (χ1v) is 5.89. The zero-order chi connectivity index (χ0) is 10.3. The summed E-state index contributed by atoms with van der Waals surface area (Å²) in [6, 6.07) is 8.81. The molecule has 0 atom stereocenters. The van der Waals surface area contributed by atoms with Gasteiger partial charge in [-0.2, -0.15) is 0 Å². The van der Waals surface area contributed by atoms with Crippen molar-refractivity contribution in [1.82, 2.24) is 0 Å². The third-order valence-electron chi connectivity index (χ3n) is 3.71. The minimum Gasteiger partial charge on any atom is -0.348 e. The Balaban J connectivity index is 2.07. The summed E-state index contributed by atoms with van der Waals surface area (Å²) in [6.07, 6.45) is 6.53. The molecule has 1 aromatic rings. The third kappa shape index (κ3) is 1.38. The first-order valence-electron chi connectivity index (χ1n) is 5.89. The molecular formula is C14H17N. The van der Waals surface area contributed by atoms with Crippen LogP contribution in [0.25, 0.3) is 0 Å². The molecule has 78 valence electrons. The van der Waals surface area contributed by atoms with Crippen molar-refractivity contribution in [1.29, 1.82) is 0 Å². The molecule has 3 rings (SSSR count). The van der Waals surface area contributed by atoms with Crippen LogP contribution in [0.4, 0.5) is 5.69 Å². The van der Waals surface area contributed by atoms with Crippen LogP contribution in [0.3, 0.4) is 0 Å². The summed E-state index contributed by atoms with van der Waals surface area (Å²) in [7, 11) is 2.22. The molecule has 1 aromatic carbocycles. The Morgan fingerprint density at radius 2 is 1.87 bits per heavy atom. The maximum Gasteiger partial charge on any atom is 0.0441 e. The number of hydrogen-bond donors (Lipinski definition) is 0. The van der Waals surface area contributed by atoms with Crippen LogP contribution in [0.15, 0.2) is 35.5 Å². The molecule has 0 amide bonds. The largest absolute Gasteiger partial charge is 0.348 e. The molecule has 1 nitrogen and oxygen atoms in total. The average molecular weight is 199 g/mol. The molecule has 0 spiro atoms. The first-order chi connectivity index (χ1) is 7.36. The van der Waals surface area contributed by atoms with Gasteiger partial charge in [0.05, 0.1) is 0 Å². The molecule has 0 saturated carbocycles. The van der Waals surface area contributed by atoms with E-state index in [-0.39, 0.29) is 0 Å². The van der Waals surface area contributed by atoms with Gasteiger partial charge in [-0.15, -0.1) is 0 Å². The van der Waals surface area contributed by atoms with E-state index in [1.807, 2.05) is 0 Å². The normalized spacial score (nSPS) is 19.9. The second kappa shape index (κ2) is 3.41. The molecule has 1 heteroatoms. The van der Waals surface area contributed by atoms with Gasteiger partial charge in [0.1, 0.15) is 0 Å². The molecule has 0 aromatic heterocycles. The van der Waals surface area contributed by atoms with Crippen LogP contribution in [0.5, 0.6) is 0 Å². The molecule has 1 heterocycles. The Kier molecular flexibility index (Phi) is 2.05. The van der Waals surface area contributed by atoms with Gasteiger partial charge in [0.2, 0.25) is 0 Å². The predicted molar refractivity (Wildman–Crippen MR) is 64.0 cm³/mol. The van der Waals surface area contributed by atoms with Gasteiger partial charge >= 0.3 is 0 Å². The molecule has 1 aliphatic carbocycles. The number of hydrogen-bond acceptors (Lipinski definition) is 1. The maximum absolute atomic E-state index is 2.41. The minimum atomic E-state index is 1.19. The number of rotatable bonds is 0. The summed E-state index contributed by atoms with van der Waals surface area (Å²) in [6.45, 7) is 0. The molecule has 15 heavy (non-hydrogen) atoms. The van der Waals surface area contributed by atoms with E-state index in [1.54, 1.807) is 11.3 Å². The first kappa shape index (κ1) is 9.02. The molecular weight excluding hydrogens is 182 g/mol. The Bertz CT molecular complexity index is 417. The SMILES string of the molecule is CN1C2=C(CCCC2)Cc2ccccc21. The lowest BCUT2D eigenvalue weighted by Gasteiger charge is -2.35. The molecule has 2 aliphatic rings. The number of benzene rings is 1. The van der Waals surface area contributed by atoms with E-state index in [9.17, 15) is 0 Å². The number of anilines is 1. The van der Waals surface area contributed by atoms with Crippen molar-refractivity contribution in [2.75, 3.05) is 11.9 Å². The molecule has 0 saturated heterocycles. The van der Waals surface area contributed by atoms with Gasteiger partial charge in [0.15, 0.2) is 0 Å². The summed E-state index contributed by atoms with van der Waals surface area (Å²) < 4.78 is 0. The standard InChI is InChI=1S/C14H17N/c1-15-13-8-4-2-6-11(13)10-12-7-3-5-9-14(12)15/h2,4,6,8H,3,5,7,9-10H2,1H3. The Hall–Kier alpha value is -1.24. The van der Waals surface area contributed by atoms with Gasteiger partial charge in [-0.25, -0.2) is 0 Å². The van der Waals surface area contributed by atoms with Crippen LogP contribution in [0.2, 0.25) is 0 Å². The van der Waals surface area contributed by atoms with Gasteiger partial charge in [-0.05, 0) is 49.3 Å². The smallest absolute Gasteiger partial charge is 0.0441 e. The summed E-state index contributed by atoms with van der Waals surface area (Å²) in [4.78, 5) is 2.41. The zero-order valence-electron chi connectivity index (χ0n) is 9.29. The van der Waals surface area contributed by atoms with E-state index in [0.717, 1.165) is 0 Å². The number of para-hydroxylation sites is 1. The van der Waals surface area contributed by atoms with Gasteiger partial charge in [-0.3, -0.25) is 0 Å². The fourth-order valence-corrected chi connectivity index (χ4v) is 2.91. The van der Waals surface area contributed by atoms with Crippen molar-refractivity contribution >= 4 is 5.69 Å². The van der Waals surface area contributed by atoms with E-state index >= 15 is 0 Å². The van der Waals surface area contributed by atoms with Crippen molar-refractivity contribution in [3.63, 3.8) is 0 Å². The fraction of sp³-hybridized carbons (Fsp3) is 0.429. The van der Waals surface area contributed by atoms with Crippen LogP contribution in [-0.2, 0) is 6.42 Å². The molecule has 0 fully saturated rings. The molecule has 0 bridgehead atoms. The lowest BCUT2D eigenvalue weighted by Crippen LogP contribution is -2.26. The van der Waals surface area contributed by atoms with Crippen LogP contribution < -0.4 is 4.90 Å². The van der Waals surface area contributed by atoms with Crippen molar-refractivity contribution in [3.8, 4) is 0 Å². The van der Waals surface area contributed by atoms with Gasteiger partial charge < -0.3 is 4.90 Å². The van der Waals surface area contributed by atoms with Gasteiger partial charge in [0, 0.05) is 18.4 Å². The molecule has 1 aliphatic heterocycles. The number of nitrogens with zero attached hydrogens (tertiary/aromatic N) is 1.